The number of sulfone groups is 1. The average Bonchev–Trinajstić information content (AvgIpc) is 2.33. The summed E-state index contributed by atoms with van der Waals surface area (Å²) in [6.45, 7) is 3.11. The fraction of sp³-hybridized carbons (Fsp3) is 0.857. The lowest BCUT2D eigenvalue weighted by molar-refractivity contribution is 0.479. The first-order valence-corrected chi connectivity index (χ1v) is 9.16. The molecule has 0 bridgehead atoms. The summed E-state index contributed by atoms with van der Waals surface area (Å²) in [6.07, 6.45) is 11.5. The number of hydrogen-bond acceptors (Lipinski definition) is 3. The summed E-state index contributed by atoms with van der Waals surface area (Å²) in [7, 11) is -2.84. The number of nitrogens with one attached hydrogen (secondary N) is 1. The van der Waals surface area contributed by atoms with Crippen LogP contribution in [0.2, 0.25) is 0 Å². The highest BCUT2D eigenvalue weighted by atomic mass is 32.2. The van der Waals surface area contributed by atoms with Crippen LogP contribution >= 0.6 is 0 Å². The van der Waals surface area contributed by atoms with Gasteiger partial charge < -0.3 is 5.32 Å². The fourth-order valence-corrected chi connectivity index (χ4v) is 3.10. The first-order valence-electron chi connectivity index (χ1n) is 7.10. The standard InChI is InChI=1S/C14H27NO2S/c1-3-10-15-14(9-11-18(2,16)17)12-13-7-5-4-6-8-13/h7,14-15H,3-6,8-12H2,1-2H3. The van der Waals surface area contributed by atoms with Gasteiger partial charge in [-0.2, -0.15) is 0 Å². The lowest BCUT2D eigenvalue weighted by Gasteiger charge is -2.21. The Morgan fingerprint density at radius 3 is 2.72 bits per heavy atom. The first kappa shape index (κ1) is 15.7. The van der Waals surface area contributed by atoms with Crippen LogP contribution in [0, 0.1) is 0 Å². The highest BCUT2D eigenvalue weighted by Crippen LogP contribution is 2.22. The van der Waals surface area contributed by atoms with Gasteiger partial charge in [0.25, 0.3) is 0 Å². The Kier molecular flexibility index (Phi) is 6.94. The topological polar surface area (TPSA) is 46.2 Å². The number of rotatable bonds is 8. The van der Waals surface area contributed by atoms with Gasteiger partial charge in [-0.3, -0.25) is 0 Å². The van der Waals surface area contributed by atoms with Crippen molar-refractivity contribution in [2.24, 2.45) is 0 Å². The summed E-state index contributed by atoms with van der Waals surface area (Å²) in [5, 5.41) is 3.48. The quantitative estimate of drug-likeness (QED) is 0.692. The van der Waals surface area contributed by atoms with Crippen molar-refractivity contribution in [1.82, 2.24) is 5.32 Å². The zero-order chi connectivity index (χ0) is 13.4. The molecule has 0 radical (unpaired) electrons. The van der Waals surface area contributed by atoms with Crippen molar-refractivity contribution in [3.05, 3.63) is 11.6 Å². The molecule has 0 heterocycles. The summed E-state index contributed by atoms with van der Waals surface area (Å²) in [5.41, 5.74) is 1.52. The maximum absolute atomic E-state index is 11.3. The Morgan fingerprint density at radius 2 is 2.17 bits per heavy atom. The number of hydrogen-bond donors (Lipinski definition) is 1. The van der Waals surface area contributed by atoms with Crippen LogP contribution in [0.25, 0.3) is 0 Å². The zero-order valence-electron chi connectivity index (χ0n) is 11.7. The molecule has 1 N–H and O–H groups in total. The predicted octanol–water partition coefficient (Wildman–Crippen LogP) is 2.68. The van der Waals surface area contributed by atoms with E-state index in [4.69, 9.17) is 0 Å². The molecule has 4 heteroatoms. The van der Waals surface area contributed by atoms with Crippen molar-refractivity contribution in [2.75, 3.05) is 18.6 Å². The maximum atomic E-state index is 11.3. The molecule has 0 amide bonds. The van der Waals surface area contributed by atoms with Crippen LogP contribution in [0.3, 0.4) is 0 Å². The van der Waals surface area contributed by atoms with Gasteiger partial charge in [-0.25, -0.2) is 8.42 Å². The van der Waals surface area contributed by atoms with Gasteiger partial charge in [0, 0.05) is 12.3 Å². The molecule has 0 fully saturated rings. The molecule has 0 aromatic rings. The third-order valence-electron chi connectivity index (χ3n) is 3.41. The van der Waals surface area contributed by atoms with E-state index in [1.807, 2.05) is 0 Å². The molecular formula is C14H27NO2S. The van der Waals surface area contributed by atoms with E-state index in [9.17, 15) is 8.42 Å². The summed E-state index contributed by atoms with van der Waals surface area (Å²) in [6, 6.07) is 0.323. The van der Waals surface area contributed by atoms with Gasteiger partial charge in [0.15, 0.2) is 0 Å². The molecule has 0 saturated heterocycles. The van der Waals surface area contributed by atoms with Crippen molar-refractivity contribution >= 4 is 9.84 Å². The van der Waals surface area contributed by atoms with Crippen LogP contribution in [0.5, 0.6) is 0 Å². The van der Waals surface area contributed by atoms with Gasteiger partial charge in [0.2, 0.25) is 0 Å². The highest BCUT2D eigenvalue weighted by Gasteiger charge is 2.14. The lowest BCUT2D eigenvalue weighted by Crippen LogP contribution is -2.32. The van der Waals surface area contributed by atoms with Crippen molar-refractivity contribution in [2.45, 2.75) is 57.9 Å². The summed E-state index contributed by atoms with van der Waals surface area (Å²) in [4.78, 5) is 0. The molecule has 3 nitrogen and oxygen atoms in total. The molecule has 1 aliphatic rings. The molecular weight excluding hydrogens is 246 g/mol. The van der Waals surface area contributed by atoms with Crippen LogP contribution in [-0.2, 0) is 9.84 Å². The minimum absolute atomic E-state index is 0.293. The van der Waals surface area contributed by atoms with Gasteiger partial charge in [-0.15, -0.1) is 0 Å². The van der Waals surface area contributed by atoms with Crippen LogP contribution < -0.4 is 5.32 Å². The van der Waals surface area contributed by atoms with Crippen molar-refractivity contribution in [3.63, 3.8) is 0 Å². The SMILES string of the molecule is CCCNC(CCS(C)(=O)=O)CC1=CCCCC1. The fourth-order valence-electron chi connectivity index (χ4n) is 2.39. The second kappa shape index (κ2) is 7.95. The molecule has 1 rings (SSSR count). The third kappa shape index (κ3) is 7.17. The van der Waals surface area contributed by atoms with Crippen molar-refractivity contribution in [3.8, 4) is 0 Å². The van der Waals surface area contributed by atoms with Gasteiger partial charge in [-0.05, 0) is 51.5 Å². The monoisotopic (exact) mass is 273 g/mol. The molecule has 1 unspecified atom stereocenters. The van der Waals surface area contributed by atoms with Crippen molar-refractivity contribution in [1.29, 1.82) is 0 Å². The van der Waals surface area contributed by atoms with E-state index in [2.05, 4.69) is 18.3 Å². The van der Waals surface area contributed by atoms with E-state index in [0.29, 0.717) is 11.8 Å². The van der Waals surface area contributed by atoms with E-state index in [-0.39, 0.29) is 0 Å². The van der Waals surface area contributed by atoms with E-state index >= 15 is 0 Å². The highest BCUT2D eigenvalue weighted by molar-refractivity contribution is 7.90. The summed E-state index contributed by atoms with van der Waals surface area (Å²) < 4.78 is 22.5. The van der Waals surface area contributed by atoms with Gasteiger partial charge in [-0.1, -0.05) is 18.6 Å². The molecule has 1 atom stereocenters. The molecule has 18 heavy (non-hydrogen) atoms. The van der Waals surface area contributed by atoms with Crippen LogP contribution in [0.15, 0.2) is 11.6 Å². The Balaban J connectivity index is 2.46. The Morgan fingerprint density at radius 1 is 1.39 bits per heavy atom. The first-order chi connectivity index (χ1) is 8.51. The maximum Gasteiger partial charge on any atom is 0.147 e. The smallest absolute Gasteiger partial charge is 0.147 e. The second-order valence-corrected chi connectivity index (χ2v) is 7.64. The molecule has 1 aliphatic carbocycles. The molecule has 106 valence electrons. The van der Waals surface area contributed by atoms with Crippen LogP contribution in [-0.4, -0.2) is 33.0 Å². The Bertz CT molecular complexity index is 360. The van der Waals surface area contributed by atoms with Crippen LogP contribution in [0.4, 0.5) is 0 Å². The zero-order valence-corrected chi connectivity index (χ0v) is 12.6. The lowest BCUT2D eigenvalue weighted by atomic mass is 9.93. The molecule has 0 aromatic heterocycles. The largest absolute Gasteiger partial charge is 0.314 e. The predicted molar refractivity (Wildman–Crippen MR) is 77.6 cm³/mol. The molecule has 0 aromatic carbocycles. The van der Waals surface area contributed by atoms with Gasteiger partial charge in [0.05, 0.1) is 5.75 Å². The van der Waals surface area contributed by atoms with E-state index in [0.717, 1.165) is 25.8 Å². The van der Waals surface area contributed by atoms with Gasteiger partial charge in [0.1, 0.15) is 9.84 Å². The minimum Gasteiger partial charge on any atom is -0.314 e. The third-order valence-corrected chi connectivity index (χ3v) is 4.39. The second-order valence-electron chi connectivity index (χ2n) is 5.38. The summed E-state index contributed by atoms with van der Waals surface area (Å²) in [5.74, 6) is 0.293. The van der Waals surface area contributed by atoms with Crippen LogP contribution in [0.1, 0.15) is 51.9 Å². The molecule has 0 spiro atoms. The Labute approximate surface area is 112 Å². The minimum atomic E-state index is -2.84. The number of allylic oxidation sites excluding steroid dienone is 1. The molecule has 0 saturated carbocycles. The Hall–Kier alpha value is -0.350. The van der Waals surface area contributed by atoms with Crippen molar-refractivity contribution < 1.29 is 8.42 Å². The van der Waals surface area contributed by atoms with E-state index in [1.54, 1.807) is 0 Å². The summed E-state index contributed by atoms with van der Waals surface area (Å²) >= 11 is 0. The average molecular weight is 273 g/mol. The van der Waals surface area contributed by atoms with E-state index < -0.39 is 9.84 Å². The van der Waals surface area contributed by atoms with Gasteiger partial charge >= 0.3 is 0 Å². The molecule has 0 aliphatic heterocycles. The van der Waals surface area contributed by atoms with E-state index in [1.165, 1.54) is 37.5 Å². The normalized spacial score (nSPS) is 18.4.